The van der Waals surface area contributed by atoms with E-state index in [9.17, 15) is 13.2 Å². The van der Waals surface area contributed by atoms with E-state index in [0.717, 1.165) is 24.1 Å². The molecule has 2 rings (SSSR count). The highest BCUT2D eigenvalue weighted by Crippen LogP contribution is 2.31. The molecule has 1 heterocycles. The highest BCUT2D eigenvalue weighted by atomic mass is 19.4. The first-order valence-electron chi connectivity index (χ1n) is 4.82. The maximum atomic E-state index is 12.3. The Labute approximate surface area is 85.9 Å². The lowest BCUT2D eigenvalue weighted by molar-refractivity contribution is -0.137. The molecule has 1 saturated heterocycles. The van der Waals surface area contributed by atoms with Crippen molar-refractivity contribution in [2.24, 2.45) is 0 Å². The predicted octanol–water partition coefficient (Wildman–Crippen LogP) is 3.21. The molecule has 1 aliphatic rings. The van der Waals surface area contributed by atoms with Gasteiger partial charge in [0.25, 0.3) is 0 Å². The molecule has 1 unspecified atom stereocenters. The van der Waals surface area contributed by atoms with Crippen LogP contribution in [0.25, 0.3) is 0 Å². The van der Waals surface area contributed by atoms with Gasteiger partial charge in [-0.05, 0) is 24.1 Å². The Bertz CT molecular complexity index is 323. The molecule has 1 atom stereocenters. The first-order chi connectivity index (χ1) is 7.07. The molecule has 0 saturated carbocycles. The van der Waals surface area contributed by atoms with Gasteiger partial charge in [0.2, 0.25) is 0 Å². The van der Waals surface area contributed by atoms with Crippen LogP contribution >= 0.6 is 0 Å². The van der Waals surface area contributed by atoms with Crippen molar-refractivity contribution in [3.05, 3.63) is 35.4 Å². The molecule has 15 heavy (non-hydrogen) atoms. The minimum Gasteiger partial charge on any atom is -0.381 e. The van der Waals surface area contributed by atoms with E-state index in [0.29, 0.717) is 13.2 Å². The van der Waals surface area contributed by atoms with Gasteiger partial charge in [-0.25, -0.2) is 0 Å². The van der Waals surface area contributed by atoms with Crippen molar-refractivity contribution in [3.63, 3.8) is 0 Å². The van der Waals surface area contributed by atoms with Crippen LogP contribution in [0, 0.1) is 0 Å². The van der Waals surface area contributed by atoms with Gasteiger partial charge in [-0.1, -0.05) is 12.1 Å². The Morgan fingerprint density at radius 2 is 1.80 bits per heavy atom. The Morgan fingerprint density at radius 1 is 1.13 bits per heavy atom. The summed E-state index contributed by atoms with van der Waals surface area (Å²) in [6, 6.07) is 5.35. The number of alkyl halides is 3. The van der Waals surface area contributed by atoms with Crippen LogP contribution in [0.2, 0.25) is 0 Å². The van der Waals surface area contributed by atoms with Crippen LogP contribution in [0.4, 0.5) is 13.2 Å². The number of ether oxygens (including phenoxy) is 1. The standard InChI is InChI=1S/C11H11F3O/c12-11(13,14)10-3-1-8(2-4-10)9-5-6-15-7-9/h1-4,9H,5-7H2. The highest BCUT2D eigenvalue weighted by molar-refractivity contribution is 5.27. The summed E-state index contributed by atoms with van der Waals surface area (Å²) in [6.07, 6.45) is -3.35. The van der Waals surface area contributed by atoms with Crippen molar-refractivity contribution in [1.82, 2.24) is 0 Å². The third-order valence-corrected chi connectivity index (χ3v) is 2.64. The van der Waals surface area contributed by atoms with Gasteiger partial charge in [-0.2, -0.15) is 13.2 Å². The topological polar surface area (TPSA) is 9.23 Å². The molecule has 1 aromatic rings. The Balaban J connectivity index is 2.16. The van der Waals surface area contributed by atoms with E-state index in [4.69, 9.17) is 4.74 Å². The van der Waals surface area contributed by atoms with Crippen LogP contribution in [-0.4, -0.2) is 13.2 Å². The summed E-state index contributed by atoms with van der Waals surface area (Å²) < 4.78 is 42.0. The normalized spacial score (nSPS) is 21.9. The van der Waals surface area contributed by atoms with Crippen molar-refractivity contribution in [2.75, 3.05) is 13.2 Å². The Hall–Kier alpha value is -1.03. The first kappa shape index (κ1) is 10.5. The van der Waals surface area contributed by atoms with Crippen molar-refractivity contribution >= 4 is 0 Å². The molecule has 0 aliphatic carbocycles. The van der Waals surface area contributed by atoms with Crippen LogP contribution in [0.5, 0.6) is 0 Å². The lowest BCUT2D eigenvalue weighted by Crippen LogP contribution is -2.05. The van der Waals surface area contributed by atoms with Crippen molar-refractivity contribution in [3.8, 4) is 0 Å². The lowest BCUT2D eigenvalue weighted by atomic mass is 9.97. The van der Waals surface area contributed by atoms with Gasteiger partial charge in [0, 0.05) is 12.5 Å². The van der Waals surface area contributed by atoms with Crippen molar-refractivity contribution in [1.29, 1.82) is 0 Å². The van der Waals surface area contributed by atoms with Gasteiger partial charge in [0.15, 0.2) is 0 Å². The smallest absolute Gasteiger partial charge is 0.381 e. The lowest BCUT2D eigenvalue weighted by Gasteiger charge is -2.10. The monoisotopic (exact) mass is 216 g/mol. The zero-order chi connectivity index (χ0) is 10.9. The minimum atomic E-state index is -4.25. The molecule has 0 bridgehead atoms. The maximum Gasteiger partial charge on any atom is 0.416 e. The summed E-state index contributed by atoms with van der Waals surface area (Å²) >= 11 is 0. The second-order valence-electron chi connectivity index (χ2n) is 3.68. The zero-order valence-corrected chi connectivity index (χ0v) is 8.05. The first-order valence-corrected chi connectivity index (χ1v) is 4.82. The molecule has 1 aromatic carbocycles. The van der Waals surface area contributed by atoms with Crippen LogP contribution < -0.4 is 0 Å². The van der Waals surface area contributed by atoms with Gasteiger partial charge < -0.3 is 4.74 Å². The number of halogens is 3. The summed E-state index contributed by atoms with van der Waals surface area (Å²) in [5.41, 5.74) is 0.339. The Kier molecular flexibility index (Phi) is 2.69. The summed E-state index contributed by atoms with van der Waals surface area (Å²) in [6.45, 7) is 1.32. The maximum absolute atomic E-state index is 12.3. The van der Waals surface area contributed by atoms with E-state index < -0.39 is 11.7 Å². The van der Waals surface area contributed by atoms with Gasteiger partial charge in [0.1, 0.15) is 0 Å². The van der Waals surface area contributed by atoms with E-state index in [-0.39, 0.29) is 5.92 Å². The fourth-order valence-corrected chi connectivity index (χ4v) is 1.74. The van der Waals surface area contributed by atoms with Crippen LogP contribution in [0.3, 0.4) is 0 Å². The second kappa shape index (κ2) is 3.85. The van der Waals surface area contributed by atoms with E-state index >= 15 is 0 Å². The summed E-state index contributed by atoms with van der Waals surface area (Å²) in [7, 11) is 0. The summed E-state index contributed by atoms with van der Waals surface area (Å²) in [5.74, 6) is 0.257. The molecule has 0 N–H and O–H groups in total. The molecule has 1 aliphatic heterocycles. The van der Waals surface area contributed by atoms with Crippen molar-refractivity contribution in [2.45, 2.75) is 18.5 Å². The van der Waals surface area contributed by atoms with E-state index in [1.54, 1.807) is 12.1 Å². The number of hydrogen-bond acceptors (Lipinski definition) is 1. The van der Waals surface area contributed by atoms with Gasteiger partial charge >= 0.3 is 6.18 Å². The van der Waals surface area contributed by atoms with Gasteiger partial charge in [-0.3, -0.25) is 0 Å². The molecule has 0 radical (unpaired) electrons. The van der Waals surface area contributed by atoms with E-state index in [2.05, 4.69) is 0 Å². The molecule has 82 valence electrons. The summed E-state index contributed by atoms with van der Waals surface area (Å²) in [4.78, 5) is 0. The Morgan fingerprint density at radius 3 is 2.27 bits per heavy atom. The average Bonchev–Trinajstić information content (AvgIpc) is 2.69. The molecule has 0 spiro atoms. The SMILES string of the molecule is FC(F)(F)c1ccc(C2CCOC2)cc1. The minimum absolute atomic E-state index is 0.257. The van der Waals surface area contributed by atoms with E-state index in [1.807, 2.05) is 0 Å². The van der Waals surface area contributed by atoms with Crippen molar-refractivity contribution < 1.29 is 17.9 Å². The van der Waals surface area contributed by atoms with E-state index in [1.165, 1.54) is 0 Å². The number of hydrogen-bond donors (Lipinski definition) is 0. The fourth-order valence-electron chi connectivity index (χ4n) is 1.74. The molecule has 1 nitrogen and oxygen atoms in total. The predicted molar refractivity (Wildman–Crippen MR) is 49.6 cm³/mol. The molecule has 0 aromatic heterocycles. The third-order valence-electron chi connectivity index (χ3n) is 2.64. The largest absolute Gasteiger partial charge is 0.416 e. The average molecular weight is 216 g/mol. The van der Waals surface area contributed by atoms with Gasteiger partial charge in [-0.15, -0.1) is 0 Å². The second-order valence-corrected chi connectivity index (χ2v) is 3.68. The molecule has 1 fully saturated rings. The van der Waals surface area contributed by atoms with Crippen LogP contribution in [0.1, 0.15) is 23.5 Å². The fraction of sp³-hybridized carbons (Fsp3) is 0.455. The third kappa shape index (κ3) is 2.31. The quantitative estimate of drug-likeness (QED) is 0.700. The van der Waals surface area contributed by atoms with Crippen LogP contribution in [0.15, 0.2) is 24.3 Å². The number of benzene rings is 1. The molecular formula is C11H11F3O. The van der Waals surface area contributed by atoms with Crippen LogP contribution in [-0.2, 0) is 10.9 Å². The molecule has 4 heteroatoms. The summed E-state index contributed by atoms with van der Waals surface area (Å²) in [5, 5.41) is 0. The van der Waals surface area contributed by atoms with Gasteiger partial charge in [0.05, 0.1) is 12.2 Å². The highest BCUT2D eigenvalue weighted by Gasteiger charge is 2.30. The molecule has 0 amide bonds. The number of rotatable bonds is 1. The molecular weight excluding hydrogens is 205 g/mol. The zero-order valence-electron chi connectivity index (χ0n) is 8.05.